The number of hydrogen-bond donors (Lipinski definition) is 1. The summed E-state index contributed by atoms with van der Waals surface area (Å²) in [5.41, 5.74) is 0.314. The van der Waals surface area contributed by atoms with Crippen LogP contribution < -0.4 is 0 Å². The number of carbonyl (C=O) groups is 3. The lowest BCUT2D eigenvalue weighted by Crippen LogP contribution is -2.51. The first-order chi connectivity index (χ1) is 13.4. The Morgan fingerprint density at radius 2 is 1.75 bits per heavy atom. The lowest BCUT2D eigenvalue weighted by Gasteiger charge is -2.40. The molecular weight excluding hydrogens is 356 g/mol. The smallest absolute Gasteiger partial charge is 0.311 e. The molecule has 1 N–H and O–H groups in total. The summed E-state index contributed by atoms with van der Waals surface area (Å²) in [6.45, 7) is 3.86. The van der Waals surface area contributed by atoms with E-state index in [4.69, 9.17) is 0 Å². The van der Waals surface area contributed by atoms with Crippen molar-refractivity contribution in [1.29, 1.82) is 0 Å². The first-order valence-corrected chi connectivity index (χ1v) is 10.2. The van der Waals surface area contributed by atoms with Crippen molar-refractivity contribution >= 4 is 17.8 Å². The quantitative estimate of drug-likeness (QED) is 0.844. The monoisotopic (exact) mass is 386 g/mol. The van der Waals surface area contributed by atoms with Crippen molar-refractivity contribution in [2.45, 2.75) is 45.4 Å². The Morgan fingerprint density at radius 1 is 1.07 bits per heavy atom. The van der Waals surface area contributed by atoms with E-state index in [-0.39, 0.29) is 24.3 Å². The lowest BCUT2D eigenvalue weighted by molar-refractivity contribution is -0.155. The number of rotatable bonds is 5. The van der Waals surface area contributed by atoms with Gasteiger partial charge in [0, 0.05) is 38.5 Å². The number of aliphatic carboxylic acids is 1. The predicted octanol–water partition coefficient (Wildman–Crippen LogP) is 2.57. The zero-order valence-electron chi connectivity index (χ0n) is 16.6. The number of benzene rings is 1. The lowest BCUT2D eigenvalue weighted by atomic mass is 9.81. The van der Waals surface area contributed by atoms with Gasteiger partial charge in [0.1, 0.15) is 0 Å². The minimum absolute atomic E-state index is 0.0589. The number of carboxylic acid groups (broad SMARTS) is 1. The van der Waals surface area contributed by atoms with E-state index >= 15 is 0 Å². The molecular formula is C22H30N2O4. The summed E-state index contributed by atoms with van der Waals surface area (Å²) in [6, 6.07) is 9.98. The Balaban J connectivity index is 1.47. The minimum atomic E-state index is -0.845. The Morgan fingerprint density at radius 3 is 2.39 bits per heavy atom. The van der Waals surface area contributed by atoms with Crippen molar-refractivity contribution in [3.8, 4) is 0 Å². The van der Waals surface area contributed by atoms with Gasteiger partial charge in [-0.05, 0) is 44.6 Å². The summed E-state index contributed by atoms with van der Waals surface area (Å²) in [7, 11) is 0. The van der Waals surface area contributed by atoms with Gasteiger partial charge in [0.05, 0.1) is 5.41 Å². The van der Waals surface area contributed by atoms with Gasteiger partial charge in [0.15, 0.2) is 0 Å². The van der Waals surface area contributed by atoms with Gasteiger partial charge in [0.2, 0.25) is 11.8 Å². The Kier molecular flexibility index (Phi) is 6.37. The highest BCUT2D eigenvalue weighted by molar-refractivity contribution is 5.82. The number of nitrogens with zero attached hydrogens (tertiary/aromatic N) is 2. The minimum Gasteiger partial charge on any atom is -0.481 e. The van der Waals surface area contributed by atoms with Gasteiger partial charge < -0.3 is 14.9 Å². The molecule has 6 nitrogen and oxygen atoms in total. The summed E-state index contributed by atoms with van der Waals surface area (Å²) >= 11 is 0. The van der Waals surface area contributed by atoms with E-state index in [1.165, 1.54) is 0 Å². The van der Waals surface area contributed by atoms with E-state index < -0.39 is 11.4 Å². The standard InChI is InChI=1S/C22H30N2O4/c1-22(21(27)28)12-5-13-24(16-22)20(26)18-10-14-23(15-11-18)19(25)9-8-17-6-3-2-4-7-17/h2-4,6-7,18H,5,8-16H2,1H3,(H,27,28). The average Bonchev–Trinajstić information content (AvgIpc) is 2.72. The number of carbonyl (C=O) groups excluding carboxylic acids is 2. The highest BCUT2D eigenvalue weighted by atomic mass is 16.4. The topological polar surface area (TPSA) is 77.9 Å². The Bertz CT molecular complexity index is 713. The molecule has 0 spiro atoms. The molecule has 1 aromatic carbocycles. The fourth-order valence-electron chi connectivity index (χ4n) is 4.29. The van der Waals surface area contributed by atoms with Crippen molar-refractivity contribution in [3.63, 3.8) is 0 Å². The van der Waals surface area contributed by atoms with Crippen molar-refractivity contribution in [2.24, 2.45) is 11.3 Å². The molecule has 2 aliphatic heterocycles. The van der Waals surface area contributed by atoms with Crippen LogP contribution in [0.25, 0.3) is 0 Å². The maximum absolute atomic E-state index is 12.9. The molecule has 1 unspecified atom stereocenters. The number of amides is 2. The van der Waals surface area contributed by atoms with Gasteiger partial charge in [-0.1, -0.05) is 30.3 Å². The van der Waals surface area contributed by atoms with Gasteiger partial charge in [-0.3, -0.25) is 14.4 Å². The molecule has 1 aromatic rings. The fraction of sp³-hybridized carbons (Fsp3) is 0.591. The second kappa shape index (κ2) is 8.76. The third-order valence-corrected chi connectivity index (χ3v) is 6.19. The van der Waals surface area contributed by atoms with E-state index in [0.717, 1.165) is 18.4 Å². The molecule has 2 amide bonds. The van der Waals surface area contributed by atoms with Crippen LogP contribution in [0.15, 0.2) is 30.3 Å². The number of piperidine rings is 2. The molecule has 1 atom stereocenters. The van der Waals surface area contributed by atoms with Crippen LogP contribution in [-0.2, 0) is 20.8 Å². The summed E-state index contributed by atoms with van der Waals surface area (Å²) < 4.78 is 0. The SMILES string of the molecule is CC1(C(=O)O)CCCN(C(=O)C2CCN(C(=O)CCc3ccccc3)CC2)C1. The van der Waals surface area contributed by atoms with E-state index in [9.17, 15) is 19.5 Å². The molecule has 152 valence electrons. The maximum atomic E-state index is 12.9. The number of carboxylic acids is 1. The van der Waals surface area contributed by atoms with Crippen LogP contribution in [0.3, 0.4) is 0 Å². The van der Waals surface area contributed by atoms with E-state index in [1.807, 2.05) is 35.2 Å². The molecule has 0 aliphatic carbocycles. The molecule has 28 heavy (non-hydrogen) atoms. The summed E-state index contributed by atoms with van der Waals surface area (Å²) in [4.78, 5) is 40.5. The van der Waals surface area contributed by atoms with E-state index in [2.05, 4.69) is 0 Å². The van der Waals surface area contributed by atoms with Crippen LogP contribution in [-0.4, -0.2) is 58.9 Å². The maximum Gasteiger partial charge on any atom is 0.311 e. The van der Waals surface area contributed by atoms with Gasteiger partial charge in [-0.2, -0.15) is 0 Å². The number of aryl methyl sites for hydroxylation is 1. The van der Waals surface area contributed by atoms with Crippen molar-refractivity contribution < 1.29 is 19.5 Å². The van der Waals surface area contributed by atoms with Crippen LogP contribution >= 0.6 is 0 Å². The zero-order valence-corrected chi connectivity index (χ0v) is 16.6. The molecule has 2 heterocycles. The second-order valence-electron chi connectivity index (χ2n) is 8.37. The zero-order chi connectivity index (χ0) is 20.1. The second-order valence-corrected chi connectivity index (χ2v) is 8.37. The van der Waals surface area contributed by atoms with E-state index in [1.54, 1.807) is 11.8 Å². The van der Waals surface area contributed by atoms with Crippen LogP contribution in [0, 0.1) is 11.3 Å². The molecule has 0 radical (unpaired) electrons. The molecule has 3 rings (SSSR count). The van der Waals surface area contributed by atoms with Gasteiger partial charge in [-0.15, -0.1) is 0 Å². The number of likely N-dealkylation sites (tertiary alicyclic amines) is 2. The van der Waals surface area contributed by atoms with Crippen molar-refractivity contribution in [1.82, 2.24) is 9.80 Å². The molecule has 2 aliphatic rings. The summed E-state index contributed by atoms with van der Waals surface area (Å²) in [6.07, 6.45) is 3.89. The summed E-state index contributed by atoms with van der Waals surface area (Å²) in [5.74, 6) is -0.729. The van der Waals surface area contributed by atoms with Crippen LogP contribution in [0.5, 0.6) is 0 Å². The van der Waals surface area contributed by atoms with Crippen LogP contribution in [0.2, 0.25) is 0 Å². The fourth-order valence-corrected chi connectivity index (χ4v) is 4.29. The third kappa shape index (κ3) is 4.72. The third-order valence-electron chi connectivity index (χ3n) is 6.19. The summed E-state index contributed by atoms with van der Waals surface area (Å²) in [5, 5.41) is 9.45. The van der Waals surface area contributed by atoms with Crippen LogP contribution in [0.1, 0.15) is 44.6 Å². The molecule has 0 saturated carbocycles. The Hall–Kier alpha value is -2.37. The molecule has 0 bridgehead atoms. The van der Waals surface area contributed by atoms with Gasteiger partial charge in [-0.25, -0.2) is 0 Å². The van der Waals surface area contributed by atoms with E-state index in [0.29, 0.717) is 45.3 Å². The molecule has 2 fully saturated rings. The Labute approximate surface area is 166 Å². The molecule has 2 saturated heterocycles. The highest BCUT2D eigenvalue weighted by Crippen LogP contribution is 2.31. The normalized spacial score (nSPS) is 23.5. The molecule has 0 aromatic heterocycles. The first-order valence-electron chi connectivity index (χ1n) is 10.2. The van der Waals surface area contributed by atoms with Crippen molar-refractivity contribution in [3.05, 3.63) is 35.9 Å². The van der Waals surface area contributed by atoms with Crippen LogP contribution in [0.4, 0.5) is 0 Å². The van der Waals surface area contributed by atoms with Gasteiger partial charge >= 0.3 is 5.97 Å². The first kappa shape index (κ1) is 20.4. The molecule has 6 heteroatoms. The van der Waals surface area contributed by atoms with Crippen molar-refractivity contribution in [2.75, 3.05) is 26.2 Å². The van der Waals surface area contributed by atoms with Gasteiger partial charge in [0.25, 0.3) is 0 Å². The highest BCUT2D eigenvalue weighted by Gasteiger charge is 2.41. The predicted molar refractivity (Wildman–Crippen MR) is 106 cm³/mol. The largest absolute Gasteiger partial charge is 0.481 e. The average molecular weight is 386 g/mol. The number of hydrogen-bond acceptors (Lipinski definition) is 3.